The van der Waals surface area contributed by atoms with E-state index in [9.17, 15) is 0 Å². The van der Waals surface area contributed by atoms with Gasteiger partial charge in [-0.2, -0.15) is 0 Å². The Hall–Kier alpha value is -9.44. The van der Waals surface area contributed by atoms with E-state index in [2.05, 4.69) is 255 Å². The van der Waals surface area contributed by atoms with Crippen LogP contribution in [0.15, 0.2) is 253 Å². The summed E-state index contributed by atoms with van der Waals surface area (Å²) in [4.78, 5) is 2.43. The van der Waals surface area contributed by atoms with Crippen LogP contribution in [0.4, 0.5) is 17.1 Å². The largest absolute Gasteiger partial charge is 0.456 e. The van der Waals surface area contributed by atoms with Crippen molar-refractivity contribution < 1.29 is 9.15 Å². The number of rotatable bonds is 5. The maximum atomic E-state index is 7.27. The summed E-state index contributed by atoms with van der Waals surface area (Å²) in [5.74, 6) is 1.84. The molecule has 12 aromatic carbocycles. The molecule has 0 bridgehead atoms. The van der Waals surface area contributed by atoms with Crippen molar-refractivity contribution in [3.05, 3.63) is 282 Å². The van der Waals surface area contributed by atoms with E-state index < -0.39 is 5.41 Å². The van der Waals surface area contributed by atoms with E-state index in [0.29, 0.717) is 0 Å². The molecule has 352 valence electrons. The van der Waals surface area contributed by atoms with Gasteiger partial charge in [0.15, 0.2) is 0 Å². The average molecular weight is 958 g/mol. The lowest BCUT2D eigenvalue weighted by Crippen LogP contribution is -2.32. The predicted octanol–water partition coefficient (Wildman–Crippen LogP) is 19.5. The van der Waals surface area contributed by atoms with Crippen LogP contribution in [0.5, 0.6) is 11.5 Å². The fraction of sp³-hybridized carbons (Fsp3) is 0.0556. The lowest BCUT2D eigenvalue weighted by atomic mass is 9.65. The minimum Gasteiger partial charge on any atom is -0.456 e. The van der Waals surface area contributed by atoms with Crippen LogP contribution >= 0.6 is 0 Å². The van der Waals surface area contributed by atoms with Crippen molar-refractivity contribution in [3.8, 4) is 56.0 Å². The first-order valence-electron chi connectivity index (χ1n) is 26.1. The van der Waals surface area contributed by atoms with Gasteiger partial charge in [-0.15, -0.1) is 0 Å². The molecule has 3 nitrogen and oxygen atoms in total. The maximum absolute atomic E-state index is 7.27. The molecule has 0 amide bonds. The van der Waals surface area contributed by atoms with Gasteiger partial charge in [0.2, 0.25) is 0 Å². The molecule has 75 heavy (non-hydrogen) atoms. The van der Waals surface area contributed by atoms with E-state index >= 15 is 0 Å². The van der Waals surface area contributed by atoms with Crippen LogP contribution in [-0.4, -0.2) is 0 Å². The zero-order valence-electron chi connectivity index (χ0n) is 41.4. The minimum absolute atomic E-state index is 0.103. The van der Waals surface area contributed by atoms with Crippen LogP contribution in [0.3, 0.4) is 0 Å². The highest BCUT2D eigenvalue weighted by Crippen LogP contribution is 2.64. The number of benzene rings is 12. The maximum Gasteiger partial charge on any atom is 0.140 e. The number of anilines is 3. The fourth-order valence-corrected chi connectivity index (χ4v) is 13.4. The molecule has 16 rings (SSSR count). The summed E-state index contributed by atoms with van der Waals surface area (Å²) in [6.45, 7) is 4.70. The molecular formula is C72H47NO2. The molecule has 0 fully saturated rings. The molecule has 0 unspecified atom stereocenters. The van der Waals surface area contributed by atoms with Crippen molar-refractivity contribution in [1.29, 1.82) is 0 Å². The molecule has 0 saturated heterocycles. The van der Waals surface area contributed by atoms with Gasteiger partial charge in [-0.25, -0.2) is 0 Å². The third kappa shape index (κ3) is 5.92. The van der Waals surface area contributed by atoms with E-state index in [1.807, 2.05) is 12.1 Å². The van der Waals surface area contributed by atoms with E-state index in [4.69, 9.17) is 9.15 Å². The summed E-state index contributed by atoms with van der Waals surface area (Å²) < 4.78 is 13.5. The molecule has 1 spiro atoms. The van der Waals surface area contributed by atoms with Crippen molar-refractivity contribution in [2.75, 3.05) is 4.90 Å². The molecule has 2 aliphatic carbocycles. The number of ether oxygens (including phenoxy) is 1. The summed E-state index contributed by atoms with van der Waals surface area (Å²) in [5, 5.41) is 6.80. The van der Waals surface area contributed by atoms with Crippen LogP contribution in [-0.2, 0) is 10.8 Å². The van der Waals surface area contributed by atoms with E-state index in [-0.39, 0.29) is 5.41 Å². The van der Waals surface area contributed by atoms with Crippen molar-refractivity contribution in [2.45, 2.75) is 24.7 Å². The Morgan fingerprint density at radius 2 is 0.840 bits per heavy atom. The van der Waals surface area contributed by atoms with E-state index in [0.717, 1.165) is 105 Å². The first-order chi connectivity index (χ1) is 36.9. The fourth-order valence-electron chi connectivity index (χ4n) is 13.4. The van der Waals surface area contributed by atoms with Crippen LogP contribution in [0, 0.1) is 0 Å². The highest BCUT2D eigenvalue weighted by molar-refractivity contribution is 6.06. The Bertz CT molecular complexity index is 4470. The summed E-state index contributed by atoms with van der Waals surface area (Å²) >= 11 is 0. The van der Waals surface area contributed by atoms with Gasteiger partial charge >= 0.3 is 0 Å². The molecule has 13 aromatic rings. The molecule has 1 aliphatic heterocycles. The van der Waals surface area contributed by atoms with Crippen molar-refractivity contribution >= 4 is 60.5 Å². The van der Waals surface area contributed by atoms with Gasteiger partial charge in [-0.05, 0) is 138 Å². The Kier molecular flexibility index (Phi) is 8.72. The van der Waals surface area contributed by atoms with Gasteiger partial charge in [0.1, 0.15) is 22.7 Å². The number of furan rings is 1. The second-order valence-electron chi connectivity index (χ2n) is 21.1. The Morgan fingerprint density at radius 1 is 0.307 bits per heavy atom. The number of nitrogens with zero attached hydrogens (tertiary/aromatic N) is 1. The SMILES string of the molecule is CC1(C)c2ccccc2-c2cc(N(c3ccc(-c4ccc5oc6ccccc6c5c4)cc3)c3cccc(-c4ccc5c(c4)C4(c6ccccc6-5)c5ccc6ccccc6c5Oc5c4ccc4ccccc54)c3)ccc21. The monoisotopic (exact) mass is 957 g/mol. The molecule has 0 atom stereocenters. The molecule has 0 N–H and O–H groups in total. The smallest absolute Gasteiger partial charge is 0.140 e. The average Bonchev–Trinajstić information content (AvgIpc) is 4.28. The summed E-state index contributed by atoms with van der Waals surface area (Å²) in [7, 11) is 0. The number of hydrogen-bond donors (Lipinski definition) is 0. The Morgan fingerprint density at radius 3 is 1.60 bits per heavy atom. The van der Waals surface area contributed by atoms with Crippen molar-refractivity contribution in [2.24, 2.45) is 0 Å². The zero-order chi connectivity index (χ0) is 49.6. The molecule has 0 radical (unpaired) electrons. The van der Waals surface area contributed by atoms with Gasteiger partial charge in [0.25, 0.3) is 0 Å². The van der Waals surface area contributed by atoms with Crippen LogP contribution < -0.4 is 9.64 Å². The molecule has 1 aromatic heterocycles. The second-order valence-corrected chi connectivity index (χ2v) is 21.1. The normalized spacial score (nSPS) is 14.1. The van der Waals surface area contributed by atoms with Crippen molar-refractivity contribution in [1.82, 2.24) is 0 Å². The molecule has 2 heterocycles. The van der Waals surface area contributed by atoms with Gasteiger partial charge in [0, 0.05) is 55.1 Å². The van der Waals surface area contributed by atoms with E-state index in [1.165, 1.54) is 44.5 Å². The number of para-hydroxylation sites is 1. The Labute approximate surface area is 435 Å². The van der Waals surface area contributed by atoms with Gasteiger partial charge in [0.05, 0.1) is 5.41 Å². The third-order valence-corrected chi connectivity index (χ3v) is 16.9. The number of hydrogen-bond acceptors (Lipinski definition) is 3. The van der Waals surface area contributed by atoms with Crippen molar-refractivity contribution in [3.63, 3.8) is 0 Å². The van der Waals surface area contributed by atoms with Gasteiger partial charge in [-0.3, -0.25) is 0 Å². The highest BCUT2D eigenvalue weighted by atomic mass is 16.5. The van der Waals surface area contributed by atoms with Crippen LogP contribution in [0.2, 0.25) is 0 Å². The second kappa shape index (κ2) is 15.5. The van der Waals surface area contributed by atoms with Gasteiger partial charge < -0.3 is 14.1 Å². The first-order valence-corrected chi connectivity index (χ1v) is 26.1. The van der Waals surface area contributed by atoms with E-state index in [1.54, 1.807) is 0 Å². The molecule has 0 saturated carbocycles. The third-order valence-electron chi connectivity index (χ3n) is 16.9. The van der Waals surface area contributed by atoms with Crippen LogP contribution in [0.25, 0.3) is 88.0 Å². The Balaban J connectivity index is 0.876. The highest BCUT2D eigenvalue weighted by Gasteiger charge is 2.52. The van der Waals surface area contributed by atoms with Crippen LogP contribution in [0.1, 0.15) is 47.2 Å². The molecule has 3 heteroatoms. The minimum atomic E-state index is -0.645. The summed E-state index contributed by atoms with van der Waals surface area (Å²) in [6.07, 6.45) is 0. The van der Waals surface area contributed by atoms with Gasteiger partial charge in [-0.1, -0.05) is 202 Å². The predicted molar refractivity (Wildman–Crippen MR) is 309 cm³/mol. The summed E-state index contributed by atoms with van der Waals surface area (Å²) in [5.41, 5.74) is 21.6. The first kappa shape index (κ1) is 42.1. The number of fused-ring (bicyclic) bond motifs is 19. The standard InChI is InChI=1S/C72H47NO2/c1-71(2)61-23-10-7-21-56(61)59-43-52(34-38-62(59)71)73(50-32-26-44(27-33-50)48-31-39-68-60(41-48)58-22-9-12-25-67(58)74-68)51-17-13-16-47(40-51)49-28-35-57-55-20-8-11-24-63(55)72(66(57)42-49)64-36-29-45-14-3-5-18-53(45)69(64)75-70-54-19-6-4-15-46(54)30-37-65(70)72/h3-43H,1-2H3. The lowest BCUT2D eigenvalue weighted by molar-refractivity contribution is 0.447. The molecular weight excluding hydrogens is 911 g/mol. The zero-order valence-corrected chi connectivity index (χ0v) is 41.4. The topological polar surface area (TPSA) is 25.6 Å². The quantitative estimate of drug-likeness (QED) is 0.172. The lowest BCUT2D eigenvalue weighted by Gasteiger charge is -2.40. The molecule has 3 aliphatic rings. The summed E-state index contributed by atoms with van der Waals surface area (Å²) in [6, 6.07) is 91.7.